The summed E-state index contributed by atoms with van der Waals surface area (Å²) in [5.41, 5.74) is 6.20. The van der Waals surface area contributed by atoms with E-state index in [0.29, 0.717) is 0 Å². The van der Waals surface area contributed by atoms with Crippen LogP contribution in [0.4, 0.5) is 5.95 Å². The Morgan fingerprint density at radius 1 is 1.42 bits per heavy atom. The highest BCUT2D eigenvalue weighted by Crippen LogP contribution is 2.11. The number of nitrogens with zero attached hydrogens (tertiary/aromatic N) is 3. The van der Waals surface area contributed by atoms with Gasteiger partial charge in [-0.25, -0.2) is 9.67 Å². The molecule has 1 heterocycles. The monoisotopic (exact) mass is 261 g/mol. The van der Waals surface area contributed by atoms with Gasteiger partial charge in [0.1, 0.15) is 12.9 Å². The van der Waals surface area contributed by atoms with Crippen LogP contribution in [0.25, 0.3) is 0 Å². The molecule has 0 saturated heterocycles. The average Bonchev–Trinajstić information content (AvgIpc) is 2.82. The third-order valence-corrected chi connectivity index (χ3v) is 2.58. The molecule has 0 radical (unpaired) electrons. The molecular weight excluding hydrogens is 246 g/mol. The first-order valence-electron chi connectivity index (χ1n) is 5.79. The maximum absolute atomic E-state index is 11.8. The van der Waals surface area contributed by atoms with Gasteiger partial charge in [-0.15, -0.1) is 5.10 Å². The largest absolute Gasteiger partial charge is 0.394 e. The van der Waals surface area contributed by atoms with Gasteiger partial charge in [0, 0.05) is 0 Å². The zero-order valence-corrected chi connectivity index (χ0v) is 10.2. The van der Waals surface area contributed by atoms with Crippen molar-refractivity contribution in [2.24, 2.45) is 0 Å². The number of amides is 1. The van der Waals surface area contributed by atoms with Crippen molar-refractivity contribution in [3.63, 3.8) is 0 Å². The number of nitrogen functional groups attached to an aromatic ring is 1. The molecule has 2 rings (SSSR count). The van der Waals surface area contributed by atoms with Crippen LogP contribution in [0.1, 0.15) is 11.6 Å². The van der Waals surface area contributed by atoms with Crippen LogP contribution >= 0.6 is 0 Å². The summed E-state index contributed by atoms with van der Waals surface area (Å²) in [6.45, 7) is -0.164. The Morgan fingerprint density at radius 3 is 2.74 bits per heavy atom. The van der Waals surface area contributed by atoms with Crippen molar-refractivity contribution in [1.82, 2.24) is 20.1 Å². The smallest absolute Gasteiger partial charge is 0.242 e. The number of nitrogens with two attached hydrogens (primary N) is 1. The number of aliphatic hydroxyl groups is 1. The standard InChI is InChI=1S/C12H15N5O2/c13-12-14-8-17(16-12)6-11(19)15-10(7-18)9-4-2-1-3-5-9/h1-5,8,10,18H,6-7H2,(H2,13,16)(H,15,19)/t10-/m1/s1. The van der Waals surface area contributed by atoms with Crippen LogP contribution in [0.3, 0.4) is 0 Å². The molecule has 0 bridgehead atoms. The first-order chi connectivity index (χ1) is 9.19. The highest BCUT2D eigenvalue weighted by molar-refractivity contribution is 5.76. The second-order valence-electron chi connectivity index (χ2n) is 4.01. The Bertz CT molecular complexity index is 540. The number of aromatic nitrogens is 3. The molecule has 0 aliphatic carbocycles. The van der Waals surface area contributed by atoms with Crippen molar-refractivity contribution in [3.05, 3.63) is 42.2 Å². The summed E-state index contributed by atoms with van der Waals surface area (Å²) in [5, 5.41) is 15.9. The number of nitrogens with one attached hydrogen (secondary N) is 1. The number of anilines is 1. The third kappa shape index (κ3) is 3.52. The Hall–Kier alpha value is -2.41. The van der Waals surface area contributed by atoms with Crippen LogP contribution < -0.4 is 11.1 Å². The number of carbonyl (C=O) groups is 1. The number of hydrogen-bond acceptors (Lipinski definition) is 5. The second-order valence-corrected chi connectivity index (χ2v) is 4.01. The summed E-state index contributed by atoms with van der Waals surface area (Å²) < 4.78 is 1.34. The van der Waals surface area contributed by atoms with Gasteiger partial charge < -0.3 is 16.2 Å². The molecule has 0 spiro atoms. The fourth-order valence-electron chi connectivity index (χ4n) is 1.69. The van der Waals surface area contributed by atoms with Gasteiger partial charge in [0.2, 0.25) is 11.9 Å². The molecule has 100 valence electrons. The summed E-state index contributed by atoms with van der Waals surface area (Å²) in [7, 11) is 0. The molecule has 0 aliphatic rings. The van der Waals surface area contributed by atoms with Gasteiger partial charge in [-0.2, -0.15) is 0 Å². The topological polar surface area (TPSA) is 106 Å². The van der Waals surface area contributed by atoms with E-state index >= 15 is 0 Å². The molecule has 19 heavy (non-hydrogen) atoms. The van der Waals surface area contributed by atoms with E-state index in [9.17, 15) is 9.90 Å². The maximum atomic E-state index is 11.8. The minimum Gasteiger partial charge on any atom is -0.394 e. The SMILES string of the molecule is Nc1ncn(CC(=O)N[C@H](CO)c2ccccc2)n1. The van der Waals surface area contributed by atoms with Crippen LogP contribution in [0.2, 0.25) is 0 Å². The normalized spacial score (nSPS) is 12.1. The van der Waals surface area contributed by atoms with Crippen LogP contribution in [0.15, 0.2) is 36.7 Å². The molecule has 0 saturated carbocycles. The van der Waals surface area contributed by atoms with Gasteiger partial charge in [0.05, 0.1) is 12.6 Å². The van der Waals surface area contributed by atoms with E-state index < -0.39 is 6.04 Å². The minimum absolute atomic E-state index is 0.00747. The van der Waals surface area contributed by atoms with E-state index in [-0.39, 0.29) is 25.0 Å². The first kappa shape index (κ1) is 13.0. The molecular formula is C12H15N5O2. The van der Waals surface area contributed by atoms with Crippen LogP contribution in [-0.4, -0.2) is 32.4 Å². The minimum atomic E-state index is -0.436. The molecule has 0 unspecified atom stereocenters. The lowest BCUT2D eigenvalue weighted by Gasteiger charge is -2.16. The highest BCUT2D eigenvalue weighted by Gasteiger charge is 2.13. The molecule has 2 aromatic rings. The maximum Gasteiger partial charge on any atom is 0.242 e. The molecule has 1 amide bonds. The molecule has 7 heteroatoms. The van der Waals surface area contributed by atoms with Crippen molar-refractivity contribution in [2.75, 3.05) is 12.3 Å². The van der Waals surface area contributed by atoms with Gasteiger partial charge in [0.15, 0.2) is 0 Å². The van der Waals surface area contributed by atoms with Crippen molar-refractivity contribution in [1.29, 1.82) is 0 Å². The highest BCUT2D eigenvalue weighted by atomic mass is 16.3. The summed E-state index contributed by atoms with van der Waals surface area (Å²) in [5.74, 6) is -0.151. The Labute approximate surface area is 110 Å². The molecule has 1 atom stereocenters. The Kier molecular flexibility index (Phi) is 4.09. The predicted octanol–water partition coefficient (Wildman–Crippen LogP) is -0.290. The van der Waals surface area contributed by atoms with Crippen molar-refractivity contribution in [3.8, 4) is 0 Å². The van der Waals surface area contributed by atoms with Gasteiger partial charge >= 0.3 is 0 Å². The summed E-state index contributed by atoms with van der Waals surface area (Å²) >= 11 is 0. The number of benzene rings is 1. The fraction of sp³-hybridized carbons (Fsp3) is 0.250. The second kappa shape index (κ2) is 5.96. The molecule has 1 aromatic heterocycles. The quantitative estimate of drug-likeness (QED) is 0.685. The lowest BCUT2D eigenvalue weighted by atomic mass is 10.1. The summed E-state index contributed by atoms with van der Waals surface area (Å²) in [4.78, 5) is 15.5. The number of carbonyl (C=O) groups excluding carboxylic acids is 1. The zero-order valence-electron chi connectivity index (χ0n) is 10.2. The van der Waals surface area contributed by atoms with Gasteiger partial charge in [-0.1, -0.05) is 30.3 Å². The Morgan fingerprint density at radius 2 is 2.16 bits per heavy atom. The van der Waals surface area contributed by atoms with Crippen molar-refractivity contribution in [2.45, 2.75) is 12.6 Å². The van der Waals surface area contributed by atoms with E-state index in [1.165, 1.54) is 11.0 Å². The fourth-order valence-corrected chi connectivity index (χ4v) is 1.69. The molecule has 1 aromatic carbocycles. The summed E-state index contributed by atoms with van der Waals surface area (Å²) in [6.07, 6.45) is 1.38. The van der Waals surface area contributed by atoms with Crippen LogP contribution in [0.5, 0.6) is 0 Å². The number of hydrogen-bond donors (Lipinski definition) is 3. The van der Waals surface area contributed by atoms with Crippen molar-refractivity contribution < 1.29 is 9.90 Å². The molecule has 4 N–H and O–H groups in total. The van der Waals surface area contributed by atoms with Gasteiger partial charge in [-0.05, 0) is 5.56 Å². The number of aliphatic hydroxyl groups excluding tert-OH is 1. The molecule has 0 fully saturated rings. The van der Waals surface area contributed by atoms with Crippen LogP contribution in [0, 0.1) is 0 Å². The van der Waals surface area contributed by atoms with Crippen molar-refractivity contribution >= 4 is 11.9 Å². The van der Waals surface area contributed by atoms with E-state index in [4.69, 9.17) is 5.73 Å². The average molecular weight is 261 g/mol. The summed E-state index contributed by atoms with van der Waals surface area (Å²) in [6, 6.07) is 8.82. The molecule has 7 nitrogen and oxygen atoms in total. The number of rotatable bonds is 5. The predicted molar refractivity (Wildman–Crippen MR) is 68.8 cm³/mol. The zero-order chi connectivity index (χ0) is 13.7. The lowest BCUT2D eigenvalue weighted by Crippen LogP contribution is -2.33. The lowest BCUT2D eigenvalue weighted by molar-refractivity contribution is -0.122. The van der Waals surface area contributed by atoms with Gasteiger partial charge in [-0.3, -0.25) is 4.79 Å². The van der Waals surface area contributed by atoms with E-state index in [2.05, 4.69) is 15.4 Å². The van der Waals surface area contributed by atoms with Crippen LogP contribution in [-0.2, 0) is 11.3 Å². The Balaban J connectivity index is 1.97. The van der Waals surface area contributed by atoms with E-state index in [0.717, 1.165) is 5.56 Å². The van der Waals surface area contributed by atoms with E-state index in [1.807, 2.05) is 30.3 Å². The molecule has 0 aliphatic heterocycles. The first-order valence-corrected chi connectivity index (χ1v) is 5.79. The van der Waals surface area contributed by atoms with Gasteiger partial charge in [0.25, 0.3) is 0 Å². The van der Waals surface area contributed by atoms with E-state index in [1.54, 1.807) is 0 Å². The third-order valence-electron chi connectivity index (χ3n) is 2.58.